The monoisotopic (exact) mass is 541 g/mol. The Bertz CT molecular complexity index is 1330. The average molecular weight is 542 g/mol. The van der Waals surface area contributed by atoms with E-state index in [1.165, 1.54) is 17.0 Å². The van der Waals surface area contributed by atoms with Crippen molar-refractivity contribution in [2.24, 2.45) is 0 Å². The second kappa shape index (κ2) is 10.8. The molecule has 0 unspecified atom stereocenters. The number of hydrogen-bond acceptors (Lipinski definition) is 8. The number of rotatable bonds is 9. The fourth-order valence-electron chi connectivity index (χ4n) is 3.96. The molecule has 1 aromatic carbocycles. The van der Waals surface area contributed by atoms with Crippen molar-refractivity contribution in [3.8, 4) is 0 Å². The van der Waals surface area contributed by atoms with Gasteiger partial charge in [0.15, 0.2) is 10.8 Å². The van der Waals surface area contributed by atoms with Gasteiger partial charge in [0.25, 0.3) is 16.4 Å². The number of sulfonamides is 1. The highest BCUT2D eigenvalue weighted by atomic mass is 32.2. The lowest BCUT2D eigenvalue weighted by Gasteiger charge is -2.20. The van der Waals surface area contributed by atoms with Gasteiger partial charge < -0.3 is 10.4 Å². The van der Waals surface area contributed by atoms with E-state index >= 15 is 0 Å². The van der Waals surface area contributed by atoms with Crippen LogP contribution in [0.1, 0.15) is 36.0 Å². The molecule has 0 saturated carbocycles. The van der Waals surface area contributed by atoms with E-state index in [-0.39, 0.29) is 16.5 Å². The Morgan fingerprint density at radius 1 is 1.25 bits per heavy atom. The third-order valence-electron chi connectivity index (χ3n) is 5.72. The van der Waals surface area contributed by atoms with Gasteiger partial charge in [0.1, 0.15) is 5.82 Å². The first-order chi connectivity index (χ1) is 17.2. The summed E-state index contributed by atoms with van der Waals surface area (Å²) >= 11 is 0.959. The maximum Gasteiger partial charge on any atom is 0.427 e. The number of benzene rings is 1. The van der Waals surface area contributed by atoms with Crippen LogP contribution in [-0.2, 0) is 23.1 Å². The topological polar surface area (TPSA) is 116 Å². The molecule has 192 valence electrons. The van der Waals surface area contributed by atoms with Crippen molar-refractivity contribution in [2.75, 3.05) is 22.7 Å². The molecule has 1 aliphatic rings. The number of likely N-dealkylation sites (tertiary alicyclic amines) is 1. The SMILES string of the molecule is O=C(O)N(c1cscn1)S(=O)(=O)c1cc(C(F)F)c(NCc2c(F)cccc2CN2CCCC2)cn1. The largest absolute Gasteiger partial charge is 0.464 e. The zero-order valence-electron chi connectivity index (χ0n) is 18.8. The molecule has 1 amide bonds. The number of hydrogen-bond donors (Lipinski definition) is 2. The van der Waals surface area contributed by atoms with E-state index in [4.69, 9.17) is 0 Å². The van der Waals surface area contributed by atoms with Gasteiger partial charge in [0, 0.05) is 29.6 Å². The number of thiazole rings is 1. The van der Waals surface area contributed by atoms with Gasteiger partial charge in [-0.05, 0) is 43.6 Å². The average Bonchev–Trinajstić information content (AvgIpc) is 3.53. The lowest BCUT2D eigenvalue weighted by molar-refractivity contribution is 0.151. The Hall–Kier alpha value is -3.23. The minimum absolute atomic E-state index is 0.0296. The molecular formula is C22H22F3N5O4S2. The van der Waals surface area contributed by atoms with Gasteiger partial charge in [-0.25, -0.2) is 27.9 Å². The number of alkyl halides is 2. The molecule has 0 atom stereocenters. The van der Waals surface area contributed by atoms with Crippen LogP contribution in [0, 0.1) is 5.82 Å². The maximum atomic E-state index is 14.6. The highest BCUT2D eigenvalue weighted by molar-refractivity contribution is 7.93. The summed E-state index contributed by atoms with van der Waals surface area (Å²) in [4.78, 5) is 21.2. The number of halogens is 3. The standard InChI is InChI=1S/C22H22F3N5O4S2/c23-17-5-3-4-14(11-29-6-1-2-7-29)16(17)9-26-18-10-27-20(8-15(18)21(24)25)36(33,34)30(22(31)32)19-12-35-13-28-19/h3-5,8,10,12-13,21,26H,1-2,6-7,9,11H2,(H,31,32). The summed E-state index contributed by atoms with van der Waals surface area (Å²) in [5.74, 6) is -0.898. The number of anilines is 2. The van der Waals surface area contributed by atoms with Crippen LogP contribution in [0.25, 0.3) is 0 Å². The molecule has 1 fully saturated rings. The zero-order chi connectivity index (χ0) is 25.9. The van der Waals surface area contributed by atoms with Crippen LogP contribution in [0.3, 0.4) is 0 Å². The summed E-state index contributed by atoms with van der Waals surface area (Å²) in [6.07, 6.45) is -2.00. The van der Waals surface area contributed by atoms with E-state index in [0.717, 1.165) is 49.0 Å². The fourth-order valence-corrected chi connectivity index (χ4v) is 5.74. The summed E-state index contributed by atoms with van der Waals surface area (Å²) in [6.45, 7) is 2.18. The number of amides is 1. The minimum atomic E-state index is -4.85. The molecule has 3 aromatic rings. The molecule has 1 aliphatic heterocycles. The summed E-state index contributed by atoms with van der Waals surface area (Å²) < 4.78 is 68.2. The summed E-state index contributed by atoms with van der Waals surface area (Å²) in [5, 5.41) is 12.5. The molecule has 3 heterocycles. The van der Waals surface area contributed by atoms with Gasteiger partial charge in [0.05, 0.1) is 17.4 Å². The van der Waals surface area contributed by atoms with Crippen LogP contribution in [0.15, 0.2) is 46.4 Å². The van der Waals surface area contributed by atoms with E-state index < -0.39 is 44.8 Å². The smallest absolute Gasteiger partial charge is 0.427 e. The zero-order valence-corrected chi connectivity index (χ0v) is 20.4. The highest BCUT2D eigenvalue weighted by Gasteiger charge is 2.34. The maximum absolute atomic E-state index is 14.6. The number of aromatic nitrogens is 2. The Morgan fingerprint density at radius 2 is 2.00 bits per heavy atom. The van der Waals surface area contributed by atoms with E-state index in [2.05, 4.69) is 20.2 Å². The quantitative estimate of drug-likeness (QED) is 0.401. The molecule has 0 aliphatic carbocycles. The van der Waals surface area contributed by atoms with E-state index in [0.29, 0.717) is 18.2 Å². The van der Waals surface area contributed by atoms with Gasteiger partial charge in [-0.1, -0.05) is 12.1 Å². The van der Waals surface area contributed by atoms with Crippen LogP contribution < -0.4 is 9.62 Å². The fraction of sp³-hybridized carbons (Fsp3) is 0.318. The highest BCUT2D eigenvalue weighted by Crippen LogP contribution is 2.31. The van der Waals surface area contributed by atoms with Gasteiger partial charge >= 0.3 is 6.09 Å². The normalized spacial score (nSPS) is 14.3. The molecule has 1 saturated heterocycles. The van der Waals surface area contributed by atoms with Crippen LogP contribution >= 0.6 is 11.3 Å². The lowest BCUT2D eigenvalue weighted by atomic mass is 10.1. The van der Waals surface area contributed by atoms with Crippen molar-refractivity contribution in [1.82, 2.24) is 14.9 Å². The van der Waals surface area contributed by atoms with Crippen molar-refractivity contribution in [3.05, 3.63) is 63.9 Å². The van der Waals surface area contributed by atoms with Crippen molar-refractivity contribution >= 4 is 39.0 Å². The molecule has 4 rings (SSSR count). The number of pyridine rings is 1. The molecule has 36 heavy (non-hydrogen) atoms. The predicted octanol–water partition coefficient (Wildman–Crippen LogP) is 4.70. The molecule has 2 aromatic heterocycles. The molecule has 0 radical (unpaired) electrons. The summed E-state index contributed by atoms with van der Waals surface area (Å²) in [7, 11) is -4.85. The molecule has 2 N–H and O–H groups in total. The van der Waals surface area contributed by atoms with Gasteiger partial charge in [0.2, 0.25) is 0 Å². The number of carbonyl (C=O) groups is 1. The van der Waals surface area contributed by atoms with Crippen molar-refractivity contribution in [1.29, 1.82) is 0 Å². The van der Waals surface area contributed by atoms with E-state index in [1.54, 1.807) is 12.1 Å². The molecule has 0 bridgehead atoms. The van der Waals surface area contributed by atoms with Gasteiger partial charge in [-0.15, -0.1) is 15.6 Å². The molecule has 0 spiro atoms. The van der Waals surface area contributed by atoms with Crippen molar-refractivity contribution in [2.45, 2.75) is 37.4 Å². The minimum Gasteiger partial charge on any atom is -0.464 e. The van der Waals surface area contributed by atoms with Gasteiger partial charge in [-0.2, -0.15) is 8.42 Å². The third-order valence-corrected chi connectivity index (χ3v) is 7.87. The number of carboxylic acid groups (broad SMARTS) is 1. The predicted molar refractivity (Wildman–Crippen MR) is 127 cm³/mol. The first-order valence-corrected chi connectivity index (χ1v) is 13.2. The van der Waals surface area contributed by atoms with Crippen molar-refractivity contribution < 1.29 is 31.5 Å². The van der Waals surface area contributed by atoms with Crippen LogP contribution in [0.2, 0.25) is 0 Å². The van der Waals surface area contributed by atoms with E-state index in [9.17, 15) is 31.5 Å². The Labute approximate surface area is 209 Å². The first kappa shape index (κ1) is 25.9. The van der Waals surface area contributed by atoms with Crippen LogP contribution in [0.5, 0.6) is 0 Å². The Morgan fingerprint density at radius 3 is 2.64 bits per heavy atom. The number of nitrogens with one attached hydrogen (secondary N) is 1. The molecule has 9 nitrogen and oxygen atoms in total. The first-order valence-electron chi connectivity index (χ1n) is 10.9. The van der Waals surface area contributed by atoms with E-state index in [1.807, 2.05) is 0 Å². The summed E-state index contributed by atoms with van der Waals surface area (Å²) in [5.41, 5.74) is 1.34. The van der Waals surface area contributed by atoms with Crippen molar-refractivity contribution in [3.63, 3.8) is 0 Å². The van der Waals surface area contributed by atoms with Crippen LogP contribution in [0.4, 0.5) is 29.5 Å². The Balaban J connectivity index is 1.61. The second-order valence-corrected chi connectivity index (χ2v) is 10.5. The number of nitrogens with zero attached hydrogens (tertiary/aromatic N) is 4. The lowest BCUT2D eigenvalue weighted by Crippen LogP contribution is -2.36. The molecule has 14 heteroatoms. The van der Waals surface area contributed by atoms with Crippen LogP contribution in [-0.4, -0.2) is 47.6 Å². The van der Waals surface area contributed by atoms with Gasteiger partial charge in [-0.3, -0.25) is 4.90 Å². The second-order valence-electron chi connectivity index (χ2n) is 8.02. The molecular weight excluding hydrogens is 519 g/mol. The third kappa shape index (κ3) is 5.44. The Kier molecular flexibility index (Phi) is 7.76. The summed E-state index contributed by atoms with van der Waals surface area (Å²) in [6, 6.07) is 5.26.